The topological polar surface area (TPSA) is 78.2 Å². The van der Waals surface area contributed by atoms with Crippen LogP contribution in [-0.4, -0.2) is 37.1 Å². The predicted octanol–water partition coefficient (Wildman–Crippen LogP) is 2.17. The van der Waals surface area contributed by atoms with Gasteiger partial charge in [-0.25, -0.2) is 0 Å². The van der Waals surface area contributed by atoms with Gasteiger partial charge in [0, 0.05) is 6.54 Å². The molecule has 2 heterocycles. The summed E-state index contributed by atoms with van der Waals surface area (Å²) in [6.45, 7) is 1.69. The molecule has 2 aromatic rings. The monoisotopic (exact) mass is 260 g/mol. The fraction of sp³-hybridized carbons (Fsp3) is 0.385. The van der Waals surface area contributed by atoms with E-state index in [1.54, 1.807) is 12.1 Å². The highest BCUT2D eigenvalue weighted by atomic mass is 16.4. The molecule has 0 amide bonds. The standard InChI is InChI=1S/C13H16N4O2/c1-17(2)7-4-6-15-12-10(9-14)16-13(19-12)11-5-3-8-18-11/h3,5,8,15H,4,6-7H2,1-2H3. The molecule has 0 aromatic carbocycles. The molecule has 0 aliphatic carbocycles. The lowest BCUT2D eigenvalue weighted by atomic mass is 10.4. The Kier molecular flexibility index (Phi) is 4.21. The van der Waals surface area contributed by atoms with E-state index in [4.69, 9.17) is 14.1 Å². The zero-order chi connectivity index (χ0) is 13.7. The van der Waals surface area contributed by atoms with Crippen LogP contribution in [0.25, 0.3) is 11.7 Å². The maximum absolute atomic E-state index is 9.02. The number of nitrogens with one attached hydrogen (secondary N) is 1. The van der Waals surface area contributed by atoms with Crippen molar-refractivity contribution in [2.24, 2.45) is 0 Å². The minimum absolute atomic E-state index is 0.247. The van der Waals surface area contributed by atoms with Crippen LogP contribution in [0.1, 0.15) is 12.1 Å². The van der Waals surface area contributed by atoms with E-state index in [9.17, 15) is 0 Å². The Hall–Kier alpha value is -2.26. The maximum Gasteiger partial charge on any atom is 0.266 e. The summed E-state index contributed by atoms with van der Waals surface area (Å²) in [6, 6.07) is 5.49. The highest BCUT2D eigenvalue weighted by molar-refractivity contribution is 5.54. The summed E-state index contributed by atoms with van der Waals surface area (Å²) >= 11 is 0. The van der Waals surface area contributed by atoms with Gasteiger partial charge < -0.3 is 19.1 Å². The van der Waals surface area contributed by atoms with E-state index < -0.39 is 0 Å². The van der Waals surface area contributed by atoms with Crippen LogP contribution in [0.2, 0.25) is 0 Å². The first kappa shape index (κ1) is 13.2. The third-order valence-corrected chi connectivity index (χ3v) is 2.53. The van der Waals surface area contributed by atoms with Crippen molar-refractivity contribution in [3.63, 3.8) is 0 Å². The van der Waals surface area contributed by atoms with E-state index in [1.807, 2.05) is 20.2 Å². The smallest absolute Gasteiger partial charge is 0.266 e. The number of rotatable bonds is 6. The number of nitrogens with zero attached hydrogens (tertiary/aromatic N) is 3. The van der Waals surface area contributed by atoms with Gasteiger partial charge in [0.1, 0.15) is 6.07 Å². The second-order valence-corrected chi connectivity index (χ2v) is 4.37. The van der Waals surface area contributed by atoms with Gasteiger partial charge in [-0.1, -0.05) is 0 Å². The van der Waals surface area contributed by atoms with Gasteiger partial charge >= 0.3 is 0 Å². The van der Waals surface area contributed by atoms with Crippen molar-refractivity contribution in [1.29, 1.82) is 5.26 Å². The largest absolute Gasteiger partial charge is 0.459 e. The van der Waals surface area contributed by atoms with Crippen molar-refractivity contribution in [3.05, 3.63) is 24.1 Å². The van der Waals surface area contributed by atoms with Gasteiger partial charge in [0.15, 0.2) is 5.76 Å². The Labute approximate surface area is 111 Å². The molecule has 0 saturated heterocycles. The molecular weight excluding hydrogens is 244 g/mol. The lowest BCUT2D eigenvalue weighted by molar-refractivity contribution is 0.404. The van der Waals surface area contributed by atoms with Gasteiger partial charge in [-0.15, -0.1) is 0 Å². The van der Waals surface area contributed by atoms with Gasteiger partial charge in [0.2, 0.25) is 11.6 Å². The predicted molar refractivity (Wildman–Crippen MR) is 70.6 cm³/mol. The van der Waals surface area contributed by atoms with Gasteiger partial charge in [-0.2, -0.15) is 10.2 Å². The molecule has 6 nitrogen and oxygen atoms in total. The van der Waals surface area contributed by atoms with Crippen molar-refractivity contribution >= 4 is 5.88 Å². The number of nitriles is 1. The Morgan fingerprint density at radius 3 is 2.95 bits per heavy atom. The van der Waals surface area contributed by atoms with Crippen LogP contribution in [0.3, 0.4) is 0 Å². The van der Waals surface area contributed by atoms with E-state index in [1.165, 1.54) is 6.26 Å². The zero-order valence-electron chi connectivity index (χ0n) is 11.0. The lowest BCUT2D eigenvalue weighted by Gasteiger charge is -2.08. The van der Waals surface area contributed by atoms with Crippen LogP contribution < -0.4 is 5.32 Å². The third-order valence-electron chi connectivity index (χ3n) is 2.53. The van der Waals surface area contributed by atoms with E-state index in [0.717, 1.165) is 19.5 Å². The Morgan fingerprint density at radius 1 is 1.47 bits per heavy atom. The molecule has 2 aromatic heterocycles. The minimum Gasteiger partial charge on any atom is -0.459 e. The van der Waals surface area contributed by atoms with Gasteiger partial charge in [-0.05, 0) is 39.2 Å². The Morgan fingerprint density at radius 2 is 2.32 bits per heavy atom. The van der Waals surface area contributed by atoms with Gasteiger partial charge in [-0.3, -0.25) is 0 Å². The zero-order valence-corrected chi connectivity index (χ0v) is 11.0. The molecule has 2 rings (SSSR count). The first-order valence-electron chi connectivity index (χ1n) is 6.04. The molecular formula is C13H16N4O2. The quantitative estimate of drug-likeness (QED) is 0.802. The molecule has 0 saturated carbocycles. The molecule has 0 radical (unpaired) electrons. The number of furan rings is 1. The fourth-order valence-corrected chi connectivity index (χ4v) is 1.62. The van der Waals surface area contributed by atoms with Crippen LogP contribution in [0.4, 0.5) is 5.88 Å². The average molecular weight is 260 g/mol. The van der Waals surface area contributed by atoms with Crippen LogP contribution in [-0.2, 0) is 0 Å². The highest BCUT2D eigenvalue weighted by Gasteiger charge is 2.15. The molecule has 0 fully saturated rings. The summed E-state index contributed by atoms with van der Waals surface area (Å²) in [6.07, 6.45) is 2.49. The fourth-order valence-electron chi connectivity index (χ4n) is 1.62. The second kappa shape index (κ2) is 6.07. The number of aromatic nitrogens is 1. The molecule has 19 heavy (non-hydrogen) atoms. The Balaban J connectivity index is 2.02. The van der Waals surface area contributed by atoms with E-state index >= 15 is 0 Å². The molecule has 0 spiro atoms. The Bertz CT molecular complexity index is 552. The van der Waals surface area contributed by atoms with Gasteiger partial charge in [0.05, 0.1) is 6.26 Å². The van der Waals surface area contributed by atoms with E-state index in [-0.39, 0.29) is 5.69 Å². The molecule has 0 atom stereocenters. The highest BCUT2D eigenvalue weighted by Crippen LogP contribution is 2.25. The number of anilines is 1. The summed E-state index contributed by atoms with van der Waals surface area (Å²) in [5.74, 6) is 1.22. The number of hydrogen-bond acceptors (Lipinski definition) is 6. The van der Waals surface area contributed by atoms with Crippen molar-refractivity contribution < 1.29 is 8.83 Å². The number of hydrogen-bond donors (Lipinski definition) is 1. The van der Waals surface area contributed by atoms with Crippen LogP contribution in [0.15, 0.2) is 27.2 Å². The summed E-state index contributed by atoms with van der Waals surface area (Å²) in [7, 11) is 4.04. The molecule has 1 N–H and O–H groups in total. The number of oxazole rings is 1. The van der Waals surface area contributed by atoms with Crippen LogP contribution in [0.5, 0.6) is 0 Å². The molecule has 0 bridgehead atoms. The molecule has 0 unspecified atom stereocenters. The second-order valence-electron chi connectivity index (χ2n) is 4.37. The summed E-state index contributed by atoms with van der Waals surface area (Å²) < 4.78 is 10.7. The molecule has 100 valence electrons. The summed E-state index contributed by atoms with van der Waals surface area (Å²) in [5.41, 5.74) is 0.247. The normalized spacial score (nSPS) is 10.6. The first-order valence-corrected chi connectivity index (χ1v) is 6.04. The molecule has 6 heteroatoms. The average Bonchev–Trinajstić information content (AvgIpc) is 3.02. The maximum atomic E-state index is 9.02. The first-order chi connectivity index (χ1) is 9.20. The van der Waals surface area contributed by atoms with Crippen LogP contribution >= 0.6 is 0 Å². The third kappa shape index (κ3) is 3.36. The molecule has 0 aliphatic heterocycles. The molecule has 0 aliphatic rings. The van der Waals surface area contributed by atoms with E-state index in [0.29, 0.717) is 17.5 Å². The van der Waals surface area contributed by atoms with Crippen molar-refractivity contribution in [3.8, 4) is 17.7 Å². The lowest BCUT2D eigenvalue weighted by Crippen LogP contribution is -2.16. The van der Waals surface area contributed by atoms with Crippen molar-refractivity contribution in [2.45, 2.75) is 6.42 Å². The van der Waals surface area contributed by atoms with Crippen LogP contribution in [0, 0.1) is 11.3 Å². The summed E-state index contributed by atoms with van der Waals surface area (Å²) in [4.78, 5) is 6.19. The van der Waals surface area contributed by atoms with Gasteiger partial charge in [0.25, 0.3) is 5.89 Å². The summed E-state index contributed by atoms with van der Waals surface area (Å²) in [5, 5.41) is 12.1. The van der Waals surface area contributed by atoms with E-state index in [2.05, 4.69) is 15.2 Å². The minimum atomic E-state index is 0.247. The van der Waals surface area contributed by atoms with Crippen molar-refractivity contribution in [1.82, 2.24) is 9.88 Å². The SMILES string of the molecule is CN(C)CCCNc1oc(-c2ccco2)nc1C#N. The van der Waals surface area contributed by atoms with Crippen molar-refractivity contribution in [2.75, 3.05) is 32.5 Å².